The fourth-order valence-electron chi connectivity index (χ4n) is 2.24. The molecule has 2 N–H and O–H groups in total. The molecule has 0 aliphatic rings. The van der Waals surface area contributed by atoms with Gasteiger partial charge >= 0.3 is 0 Å². The third-order valence-electron chi connectivity index (χ3n) is 3.36. The van der Waals surface area contributed by atoms with Crippen molar-refractivity contribution >= 4 is 29.2 Å². The van der Waals surface area contributed by atoms with E-state index in [0.717, 1.165) is 35.3 Å². The Hall–Kier alpha value is -2.60. The third kappa shape index (κ3) is 4.45. The van der Waals surface area contributed by atoms with Crippen molar-refractivity contribution in [3.05, 3.63) is 58.4 Å². The average molecular weight is 344 g/mol. The molecule has 7 heteroatoms. The molecule has 2 heterocycles. The summed E-state index contributed by atoms with van der Waals surface area (Å²) in [6, 6.07) is 11.5. The summed E-state index contributed by atoms with van der Waals surface area (Å²) in [5, 5.41) is 11.0. The summed E-state index contributed by atoms with van der Waals surface area (Å²) in [6.45, 7) is 4.52. The summed E-state index contributed by atoms with van der Waals surface area (Å²) in [5.41, 5.74) is 2.08. The van der Waals surface area contributed by atoms with Gasteiger partial charge in [-0.05, 0) is 38.0 Å². The fraction of sp³-hybridized carbons (Fsp3) is 0.235. The van der Waals surface area contributed by atoms with Gasteiger partial charge in [0.1, 0.15) is 11.6 Å². The molecule has 0 aliphatic heterocycles. The Morgan fingerprint density at radius 1 is 1.04 bits per heavy atom. The van der Waals surface area contributed by atoms with Crippen molar-refractivity contribution in [3.63, 3.8) is 0 Å². The van der Waals surface area contributed by atoms with Gasteiger partial charge < -0.3 is 15.2 Å². The van der Waals surface area contributed by atoms with Crippen molar-refractivity contribution in [1.82, 2.24) is 15.1 Å². The molecule has 0 unspecified atom stereocenters. The quantitative estimate of drug-likeness (QED) is 0.700. The van der Waals surface area contributed by atoms with Crippen molar-refractivity contribution in [2.24, 2.45) is 0 Å². The summed E-state index contributed by atoms with van der Waals surface area (Å²) in [5.74, 6) is 2.56. The van der Waals surface area contributed by atoms with Gasteiger partial charge in [-0.25, -0.2) is 4.98 Å². The fourth-order valence-corrected chi connectivity index (χ4v) is 2.37. The molecule has 0 bridgehead atoms. The molecule has 0 radical (unpaired) electrons. The van der Waals surface area contributed by atoms with E-state index in [9.17, 15) is 0 Å². The second-order valence-corrected chi connectivity index (χ2v) is 5.91. The van der Waals surface area contributed by atoms with Crippen LogP contribution in [0.3, 0.4) is 0 Å². The van der Waals surface area contributed by atoms with Crippen molar-refractivity contribution < 1.29 is 4.52 Å². The maximum absolute atomic E-state index is 5.89. The number of rotatable bonds is 6. The predicted molar refractivity (Wildman–Crippen MR) is 94.9 cm³/mol. The van der Waals surface area contributed by atoms with Gasteiger partial charge in [0, 0.05) is 29.4 Å². The number of nitrogens with one attached hydrogen (secondary N) is 2. The molecule has 0 fully saturated rings. The van der Waals surface area contributed by atoms with Crippen molar-refractivity contribution in [3.8, 4) is 0 Å². The van der Waals surface area contributed by atoms with E-state index >= 15 is 0 Å². The van der Waals surface area contributed by atoms with Gasteiger partial charge in [0.25, 0.3) is 0 Å². The van der Waals surface area contributed by atoms with Gasteiger partial charge in [-0.2, -0.15) is 4.98 Å². The number of hydrogen-bond acceptors (Lipinski definition) is 6. The van der Waals surface area contributed by atoms with Gasteiger partial charge in [-0.15, -0.1) is 0 Å². The monoisotopic (exact) mass is 343 g/mol. The minimum Gasteiger partial charge on any atom is -0.370 e. The lowest BCUT2D eigenvalue weighted by molar-refractivity contribution is 0.400. The number of aromatic nitrogens is 3. The smallest absolute Gasteiger partial charge is 0.230 e. The summed E-state index contributed by atoms with van der Waals surface area (Å²) in [7, 11) is 0. The van der Waals surface area contributed by atoms with Gasteiger partial charge in [0.05, 0.1) is 0 Å². The Bertz CT molecular complexity index is 816. The van der Waals surface area contributed by atoms with Crippen LogP contribution in [0, 0.1) is 13.8 Å². The van der Waals surface area contributed by atoms with E-state index in [1.807, 2.05) is 44.2 Å². The first-order valence-corrected chi connectivity index (χ1v) is 8.00. The highest BCUT2D eigenvalue weighted by Crippen LogP contribution is 2.16. The van der Waals surface area contributed by atoms with E-state index in [1.54, 1.807) is 6.07 Å². The molecule has 0 saturated carbocycles. The predicted octanol–water partition coefficient (Wildman–Crippen LogP) is 4.13. The molecule has 0 atom stereocenters. The maximum Gasteiger partial charge on any atom is 0.230 e. The summed E-state index contributed by atoms with van der Waals surface area (Å²) in [4.78, 5) is 8.80. The molecule has 3 aromatic rings. The largest absolute Gasteiger partial charge is 0.370 e. The Kier molecular flexibility index (Phi) is 4.96. The Morgan fingerprint density at radius 2 is 1.83 bits per heavy atom. The van der Waals surface area contributed by atoms with E-state index in [2.05, 4.69) is 25.8 Å². The van der Waals surface area contributed by atoms with Crippen LogP contribution in [0.2, 0.25) is 5.02 Å². The summed E-state index contributed by atoms with van der Waals surface area (Å²) < 4.78 is 5.03. The molecule has 24 heavy (non-hydrogen) atoms. The number of aryl methyl sites for hydroxylation is 2. The van der Waals surface area contributed by atoms with E-state index in [-0.39, 0.29) is 0 Å². The Labute approximate surface area is 145 Å². The topological polar surface area (TPSA) is 75.9 Å². The minimum absolute atomic E-state index is 0.484. The van der Waals surface area contributed by atoms with Crippen LogP contribution in [-0.2, 0) is 6.42 Å². The maximum atomic E-state index is 5.89. The van der Waals surface area contributed by atoms with Crippen LogP contribution >= 0.6 is 11.6 Å². The first kappa shape index (κ1) is 16.3. The second-order valence-electron chi connectivity index (χ2n) is 5.47. The van der Waals surface area contributed by atoms with Gasteiger partial charge in [-0.3, -0.25) is 0 Å². The van der Waals surface area contributed by atoms with Crippen LogP contribution < -0.4 is 10.6 Å². The summed E-state index contributed by atoms with van der Waals surface area (Å²) in [6.07, 6.45) is 0.880. The molecule has 0 aliphatic carbocycles. The van der Waals surface area contributed by atoms with Crippen LogP contribution in [0.5, 0.6) is 0 Å². The molecule has 0 spiro atoms. The standard InChI is InChI=1S/C17H18ClN5O/c1-11-9-15(19-8-7-13-3-5-14(18)6-4-13)21-17(20-11)22-16-10-12(2)24-23-16/h3-6,9-10H,7-8H2,1-2H3,(H2,19,20,21,22,23). The number of hydrogen-bond donors (Lipinski definition) is 2. The van der Waals surface area contributed by atoms with E-state index in [0.29, 0.717) is 11.8 Å². The molecule has 6 nitrogen and oxygen atoms in total. The number of anilines is 3. The highest BCUT2D eigenvalue weighted by Gasteiger charge is 2.06. The first-order valence-electron chi connectivity index (χ1n) is 7.63. The van der Waals surface area contributed by atoms with Gasteiger partial charge in [-0.1, -0.05) is 28.9 Å². The van der Waals surface area contributed by atoms with Crippen LogP contribution in [0.4, 0.5) is 17.6 Å². The van der Waals surface area contributed by atoms with Crippen LogP contribution in [0.1, 0.15) is 17.0 Å². The first-order chi connectivity index (χ1) is 11.6. The SMILES string of the molecule is Cc1cc(NCCc2ccc(Cl)cc2)nc(Nc2cc(C)on2)n1. The highest BCUT2D eigenvalue weighted by atomic mass is 35.5. The normalized spacial score (nSPS) is 10.6. The van der Waals surface area contributed by atoms with E-state index in [1.165, 1.54) is 5.56 Å². The highest BCUT2D eigenvalue weighted by molar-refractivity contribution is 6.30. The van der Waals surface area contributed by atoms with E-state index < -0.39 is 0 Å². The number of halogens is 1. The third-order valence-corrected chi connectivity index (χ3v) is 3.61. The van der Waals surface area contributed by atoms with Crippen LogP contribution in [-0.4, -0.2) is 21.7 Å². The Morgan fingerprint density at radius 3 is 2.54 bits per heavy atom. The lowest BCUT2D eigenvalue weighted by Gasteiger charge is -2.09. The number of nitrogens with zero attached hydrogens (tertiary/aromatic N) is 3. The zero-order chi connectivity index (χ0) is 16.9. The molecule has 3 rings (SSSR count). The van der Waals surface area contributed by atoms with Gasteiger partial charge in [0.2, 0.25) is 5.95 Å². The lowest BCUT2D eigenvalue weighted by Crippen LogP contribution is -2.08. The van der Waals surface area contributed by atoms with Crippen LogP contribution in [0.15, 0.2) is 40.9 Å². The molecular formula is C17H18ClN5O. The second kappa shape index (κ2) is 7.31. The van der Waals surface area contributed by atoms with Crippen molar-refractivity contribution in [2.45, 2.75) is 20.3 Å². The lowest BCUT2D eigenvalue weighted by atomic mass is 10.1. The molecule has 0 amide bonds. The minimum atomic E-state index is 0.484. The summed E-state index contributed by atoms with van der Waals surface area (Å²) >= 11 is 5.89. The average Bonchev–Trinajstić information content (AvgIpc) is 2.94. The van der Waals surface area contributed by atoms with E-state index in [4.69, 9.17) is 16.1 Å². The molecule has 0 saturated heterocycles. The van der Waals surface area contributed by atoms with Crippen molar-refractivity contribution in [2.75, 3.05) is 17.2 Å². The zero-order valence-corrected chi connectivity index (χ0v) is 14.3. The van der Waals surface area contributed by atoms with Gasteiger partial charge in [0.15, 0.2) is 5.82 Å². The number of benzene rings is 1. The zero-order valence-electron chi connectivity index (χ0n) is 13.5. The molecular weight excluding hydrogens is 326 g/mol. The molecule has 124 valence electrons. The molecule has 1 aromatic carbocycles. The van der Waals surface area contributed by atoms with Crippen molar-refractivity contribution in [1.29, 1.82) is 0 Å². The van der Waals surface area contributed by atoms with Crippen LogP contribution in [0.25, 0.3) is 0 Å². The molecule has 2 aromatic heterocycles. The Balaban J connectivity index is 1.61.